The number of rotatable bonds is 5. The minimum absolute atomic E-state index is 0.0603. The van der Waals surface area contributed by atoms with Crippen LogP contribution in [0.5, 0.6) is 0 Å². The van der Waals surface area contributed by atoms with Crippen LogP contribution in [-0.2, 0) is 9.47 Å². The van der Waals surface area contributed by atoms with Gasteiger partial charge < -0.3 is 9.47 Å². The Hall–Kier alpha value is -0.610. The highest BCUT2D eigenvalue weighted by molar-refractivity contribution is 6.36. The SMILES string of the molecule is COCOCC(=O)c1ccc(Cl)cc1Cl. The van der Waals surface area contributed by atoms with Gasteiger partial charge in [0, 0.05) is 17.7 Å². The number of methoxy groups -OCH3 is 1. The fourth-order valence-electron chi connectivity index (χ4n) is 1.01. The van der Waals surface area contributed by atoms with Crippen molar-refractivity contribution in [2.24, 2.45) is 0 Å². The third-order valence-corrected chi connectivity index (χ3v) is 2.21. The van der Waals surface area contributed by atoms with Gasteiger partial charge >= 0.3 is 0 Å². The molecule has 0 heterocycles. The molecule has 0 radical (unpaired) electrons. The second kappa shape index (κ2) is 6.08. The van der Waals surface area contributed by atoms with Gasteiger partial charge in [-0.1, -0.05) is 23.2 Å². The summed E-state index contributed by atoms with van der Waals surface area (Å²) >= 11 is 11.5. The lowest BCUT2D eigenvalue weighted by Gasteiger charge is -2.04. The Bertz CT molecular complexity index is 353. The minimum Gasteiger partial charge on any atom is -0.359 e. The van der Waals surface area contributed by atoms with E-state index in [1.54, 1.807) is 12.1 Å². The molecular weight excluding hydrogens is 239 g/mol. The highest BCUT2D eigenvalue weighted by Gasteiger charge is 2.10. The number of ether oxygens (including phenoxy) is 2. The average Bonchev–Trinajstić information content (AvgIpc) is 2.17. The summed E-state index contributed by atoms with van der Waals surface area (Å²) < 4.78 is 9.57. The smallest absolute Gasteiger partial charge is 0.190 e. The summed E-state index contributed by atoms with van der Waals surface area (Å²) in [7, 11) is 1.49. The first kappa shape index (κ1) is 12.5. The number of carbonyl (C=O) groups excluding carboxylic acids is 1. The molecule has 0 fully saturated rings. The monoisotopic (exact) mass is 248 g/mol. The van der Waals surface area contributed by atoms with Crippen LogP contribution in [0.2, 0.25) is 10.0 Å². The van der Waals surface area contributed by atoms with Gasteiger partial charge in [0.25, 0.3) is 0 Å². The normalized spacial score (nSPS) is 10.3. The van der Waals surface area contributed by atoms with Crippen LogP contribution in [0.15, 0.2) is 18.2 Å². The molecule has 1 aromatic carbocycles. The first-order valence-electron chi connectivity index (χ1n) is 4.20. The van der Waals surface area contributed by atoms with Crippen LogP contribution in [0.1, 0.15) is 10.4 Å². The van der Waals surface area contributed by atoms with Crippen molar-refractivity contribution < 1.29 is 14.3 Å². The Labute approximate surface area is 97.9 Å². The lowest BCUT2D eigenvalue weighted by atomic mass is 10.1. The predicted octanol–water partition coefficient (Wildman–Crippen LogP) is 2.80. The van der Waals surface area contributed by atoms with Crippen LogP contribution in [0.25, 0.3) is 0 Å². The molecule has 1 aromatic rings. The molecular formula is C10H10Cl2O3. The number of hydrogen-bond donors (Lipinski definition) is 0. The summed E-state index contributed by atoms with van der Waals surface area (Å²) in [5.41, 5.74) is 0.400. The molecule has 1 rings (SSSR count). The first-order valence-corrected chi connectivity index (χ1v) is 4.95. The third kappa shape index (κ3) is 3.80. The summed E-state index contributed by atoms with van der Waals surface area (Å²) in [6, 6.07) is 4.70. The fraction of sp³-hybridized carbons (Fsp3) is 0.300. The maximum absolute atomic E-state index is 11.5. The zero-order valence-electron chi connectivity index (χ0n) is 8.13. The lowest BCUT2D eigenvalue weighted by molar-refractivity contribution is -0.0237. The average molecular weight is 249 g/mol. The van der Waals surface area contributed by atoms with Crippen LogP contribution in [-0.4, -0.2) is 26.3 Å². The molecule has 0 N–H and O–H groups in total. The molecule has 3 nitrogen and oxygen atoms in total. The van der Waals surface area contributed by atoms with Crippen molar-refractivity contribution in [1.29, 1.82) is 0 Å². The second-order valence-electron chi connectivity index (χ2n) is 2.80. The topological polar surface area (TPSA) is 35.5 Å². The molecule has 0 unspecified atom stereocenters. The Morgan fingerprint density at radius 2 is 2.13 bits per heavy atom. The number of benzene rings is 1. The third-order valence-electron chi connectivity index (χ3n) is 1.67. The van der Waals surface area contributed by atoms with Crippen LogP contribution in [0, 0.1) is 0 Å². The van der Waals surface area contributed by atoms with E-state index < -0.39 is 0 Å². The molecule has 0 spiro atoms. The van der Waals surface area contributed by atoms with Gasteiger partial charge in [-0.3, -0.25) is 4.79 Å². The van der Waals surface area contributed by atoms with E-state index in [0.717, 1.165) is 0 Å². The molecule has 15 heavy (non-hydrogen) atoms. The van der Waals surface area contributed by atoms with E-state index >= 15 is 0 Å². The van der Waals surface area contributed by atoms with Gasteiger partial charge in [-0.15, -0.1) is 0 Å². The highest BCUT2D eigenvalue weighted by atomic mass is 35.5. The van der Waals surface area contributed by atoms with Gasteiger partial charge in [0.15, 0.2) is 5.78 Å². The molecule has 0 aliphatic heterocycles. The molecule has 0 saturated carbocycles. The van der Waals surface area contributed by atoms with Crippen LogP contribution < -0.4 is 0 Å². The molecule has 0 atom stereocenters. The van der Waals surface area contributed by atoms with Gasteiger partial charge in [0.05, 0.1) is 5.02 Å². The summed E-state index contributed by atoms with van der Waals surface area (Å²) in [6.45, 7) is 0.0200. The van der Waals surface area contributed by atoms with E-state index in [0.29, 0.717) is 15.6 Å². The quantitative estimate of drug-likeness (QED) is 0.457. The van der Waals surface area contributed by atoms with Crippen LogP contribution in [0.4, 0.5) is 0 Å². The molecule has 0 bridgehead atoms. The number of ketones is 1. The summed E-state index contributed by atoms with van der Waals surface area (Å²) in [5.74, 6) is -0.200. The van der Waals surface area contributed by atoms with Crippen molar-refractivity contribution in [1.82, 2.24) is 0 Å². The summed E-state index contributed by atoms with van der Waals surface area (Å²) in [4.78, 5) is 11.5. The maximum Gasteiger partial charge on any atom is 0.190 e. The van der Waals surface area contributed by atoms with Crippen molar-refractivity contribution >= 4 is 29.0 Å². The number of Topliss-reactive ketones (excluding diaryl/α,β-unsaturated/α-hetero) is 1. The molecule has 82 valence electrons. The van der Waals surface area contributed by atoms with Crippen LogP contribution >= 0.6 is 23.2 Å². The van der Waals surface area contributed by atoms with E-state index in [9.17, 15) is 4.79 Å². The maximum atomic E-state index is 11.5. The number of carbonyl (C=O) groups is 1. The van der Waals surface area contributed by atoms with Crippen LogP contribution in [0.3, 0.4) is 0 Å². The molecule has 0 saturated heterocycles. The highest BCUT2D eigenvalue weighted by Crippen LogP contribution is 2.21. The summed E-state index contributed by atoms with van der Waals surface area (Å²) in [6.07, 6.45) is 0. The van der Waals surface area contributed by atoms with Crippen molar-refractivity contribution in [3.8, 4) is 0 Å². The number of hydrogen-bond acceptors (Lipinski definition) is 3. The second-order valence-corrected chi connectivity index (χ2v) is 3.65. The molecule has 0 aromatic heterocycles. The standard InChI is InChI=1S/C10H10Cl2O3/c1-14-6-15-5-10(13)8-3-2-7(11)4-9(8)12/h2-4H,5-6H2,1H3. The zero-order chi connectivity index (χ0) is 11.3. The van der Waals surface area contributed by atoms with Gasteiger partial charge in [0.1, 0.15) is 13.4 Å². The Balaban J connectivity index is 2.65. The Morgan fingerprint density at radius 3 is 2.73 bits per heavy atom. The van der Waals surface area contributed by atoms with E-state index in [2.05, 4.69) is 4.74 Å². The van der Waals surface area contributed by atoms with Gasteiger partial charge in [-0.05, 0) is 18.2 Å². The molecule has 5 heteroatoms. The van der Waals surface area contributed by atoms with Crippen molar-refractivity contribution in [3.63, 3.8) is 0 Å². The lowest BCUT2D eigenvalue weighted by Crippen LogP contribution is -2.10. The van der Waals surface area contributed by atoms with Gasteiger partial charge in [0.2, 0.25) is 0 Å². The Kier molecular flexibility index (Phi) is 5.05. The molecule has 0 amide bonds. The first-order chi connectivity index (χ1) is 7.15. The Morgan fingerprint density at radius 1 is 1.40 bits per heavy atom. The van der Waals surface area contributed by atoms with E-state index in [1.807, 2.05) is 0 Å². The minimum atomic E-state index is -0.200. The van der Waals surface area contributed by atoms with Crippen molar-refractivity contribution in [2.75, 3.05) is 20.5 Å². The van der Waals surface area contributed by atoms with Crippen molar-refractivity contribution in [2.45, 2.75) is 0 Å². The van der Waals surface area contributed by atoms with E-state index in [1.165, 1.54) is 13.2 Å². The predicted molar refractivity (Wildman–Crippen MR) is 58.6 cm³/mol. The van der Waals surface area contributed by atoms with Crippen molar-refractivity contribution in [3.05, 3.63) is 33.8 Å². The van der Waals surface area contributed by atoms with E-state index in [4.69, 9.17) is 27.9 Å². The fourth-order valence-corrected chi connectivity index (χ4v) is 1.52. The largest absolute Gasteiger partial charge is 0.359 e. The van der Waals surface area contributed by atoms with Gasteiger partial charge in [-0.2, -0.15) is 0 Å². The zero-order valence-corrected chi connectivity index (χ0v) is 9.64. The molecule has 0 aliphatic rings. The van der Waals surface area contributed by atoms with E-state index in [-0.39, 0.29) is 19.2 Å². The number of halogens is 2. The summed E-state index contributed by atoms with van der Waals surface area (Å²) in [5, 5.41) is 0.822. The molecule has 0 aliphatic carbocycles. The van der Waals surface area contributed by atoms with Gasteiger partial charge in [-0.25, -0.2) is 0 Å².